The zero-order valence-corrected chi connectivity index (χ0v) is 13.9. The van der Waals surface area contributed by atoms with Crippen LogP contribution in [0.4, 0.5) is 5.95 Å². The largest absolute Gasteiger partial charge is 0.298 e. The topological polar surface area (TPSA) is 85.9 Å². The summed E-state index contributed by atoms with van der Waals surface area (Å²) < 4.78 is 3.24. The van der Waals surface area contributed by atoms with Crippen molar-refractivity contribution in [3.8, 4) is 0 Å². The third kappa shape index (κ3) is 2.50. The van der Waals surface area contributed by atoms with E-state index in [1.165, 1.54) is 28.6 Å². The van der Waals surface area contributed by atoms with Crippen LogP contribution in [0.3, 0.4) is 0 Å². The van der Waals surface area contributed by atoms with Gasteiger partial charge in [0, 0.05) is 26.1 Å². The van der Waals surface area contributed by atoms with E-state index in [4.69, 9.17) is 0 Å². The van der Waals surface area contributed by atoms with Crippen molar-refractivity contribution in [3.05, 3.63) is 34.5 Å². The van der Waals surface area contributed by atoms with Crippen molar-refractivity contribution < 1.29 is 4.79 Å². The standard InChI is InChI=1S/C15H16N6O2S/c1-10-6-20(15-16-8-18-21(15)7-10)12(22)2-4-19-9-17-13-11(14(19)23)3-5-24-13/h3,5,8-10H,2,4,6-7H2,1H3. The molecule has 0 spiro atoms. The molecule has 0 aliphatic carbocycles. The van der Waals surface area contributed by atoms with Crippen LogP contribution < -0.4 is 10.5 Å². The van der Waals surface area contributed by atoms with Crippen LogP contribution in [0.1, 0.15) is 13.3 Å². The van der Waals surface area contributed by atoms with Crippen LogP contribution in [0.5, 0.6) is 0 Å². The van der Waals surface area contributed by atoms with Gasteiger partial charge in [-0.2, -0.15) is 10.1 Å². The monoisotopic (exact) mass is 344 g/mol. The summed E-state index contributed by atoms with van der Waals surface area (Å²) >= 11 is 1.43. The second-order valence-corrected chi connectivity index (χ2v) is 6.88. The Kier molecular flexibility index (Phi) is 3.64. The Bertz CT molecular complexity index is 958. The molecule has 4 rings (SSSR count). The number of aromatic nitrogens is 5. The van der Waals surface area contributed by atoms with Crippen molar-refractivity contribution >= 4 is 33.4 Å². The fourth-order valence-corrected chi connectivity index (χ4v) is 3.68. The van der Waals surface area contributed by atoms with E-state index in [2.05, 4.69) is 22.0 Å². The zero-order chi connectivity index (χ0) is 16.7. The fourth-order valence-electron chi connectivity index (χ4n) is 2.96. The molecule has 124 valence electrons. The molecule has 1 unspecified atom stereocenters. The van der Waals surface area contributed by atoms with Crippen LogP contribution in [0.15, 0.2) is 28.9 Å². The Balaban J connectivity index is 1.53. The Morgan fingerprint density at radius 1 is 1.38 bits per heavy atom. The molecule has 1 aliphatic rings. The highest BCUT2D eigenvalue weighted by Gasteiger charge is 2.28. The lowest BCUT2D eigenvalue weighted by molar-refractivity contribution is -0.119. The van der Waals surface area contributed by atoms with Crippen molar-refractivity contribution in [1.82, 2.24) is 24.3 Å². The van der Waals surface area contributed by atoms with E-state index in [0.29, 0.717) is 30.3 Å². The van der Waals surface area contributed by atoms with Crippen molar-refractivity contribution in [2.45, 2.75) is 26.4 Å². The molecule has 0 fully saturated rings. The van der Waals surface area contributed by atoms with Crippen LogP contribution in [-0.4, -0.2) is 36.8 Å². The number of carbonyl (C=O) groups is 1. The number of anilines is 1. The first-order chi connectivity index (χ1) is 11.6. The molecule has 0 radical (unpaired) electrons. The molecule has 3 aromatic heterocycles. The molecule has 0 bridgehead atoms. The van der Waals surface area contributed by atoms with Crippen LogP contribution in [-0.2, 0) is 17.9 Å². The molecule has 0 saturated carbocycles. The first kappa shape index (κ1) is 15.0. The quantitative estimate of drug-likeness (QED) is 0.711. The molecule has 1 amide bonds. The number of carbonyl (C=O) groups excluding carboxylic acids is 1. The summed E-state index contributed by atoms with van der Waals surface area (Å²) in [5.41, 5.74) is -0.107. The molecule has 0 saturated heterocycles. The van der Waals surface area contributed by atoms with Gasteiger partial charge in [-0.1, -0.05) is 6.92 Å². The van der Waals surface area contributed by atoms with Gasteiger partial charge in [0.2, 0.25) is 11.9 Å². The van der Waals surface area contributed by atoms with Gasteiger partial charge in [-0.05, 0) is 17.4 Å². The number of rotatable bonds is 3. The molecule has 1 aliphatic heterocycles. The number of fused-ring (bicyclic) bond motifs is 2. The van der Waals surface area contributed by atoms with Gasteiger partial charge in [-0.25, -0.2) is 9.67 Å². The van der Waals surface area contributed by atoms with Crippen molar-refractivity contribution in [3.63, 3.8) is 0 Å². The number of aryl methyl sites for hydroxylation is 1. The highest BCUT2D eigenvalue weighted by atomic mass is 32.1. The highest BCUT2D eigenvalue weighted by Crippen LogP contribution is 2.21. The summed E-state index contributed by atoms with van der Waals surface area (Å²) in [6.07, 6.45) is 3.19. The van der Waals surface area contributed by atoms with Gasteiger partial charge in [-0.15, -0.1) is 11.3 Å². The molecule has 0 aromatic carbocycles. The van der Waals surface area contributed by atoms with Gasteiger partial charge >= 0.3 is 0 Å². The smallest absolute Gasteiger partial charge is 0.262 e. The van der Waals surface area contributed by atoms with E-state index < -0.39 is 0 Å². The molecule has 24 heavy (non-hydrogen) atoms. The van der Waals surface area contributed by atoms with E-state index in [0.717, 1.165) is 11.4 Å². The highest BCUT2D eigenvalue weighted by molar-refractivity contribution is 7.16. The van der Waals surface area contributed by atoms with E-state index in [9.17, 15) is 9.59 Å². The lowest BCUT2D eigenvalue weighted by atomic mass is 10.1. The minimum absolute atomic E-state index is 0.0619. The molecular formula is C15H16N6O2S. The molecule has 4 heterocycles. The predicted octanol–water partition coefficient (Wildman–Crippen LogP) is 1.12. The Labute approximate surface area is 141 Å². The number of amides is 1. The third-order valence-corrected chi connectivity index (χ3v) is 4.95. The van der Waals surface area contributed by atoms with Crippen LogP contribution >= 0.6 is 11.3 Å². The molecule has 9 heteroatoms. The van der Waals surface area contributed by atoms with Crippen molar-refractivity contribution in [2.75, 3.05) is 11.4 Å². The number of thiophene rings is 1. The predicted molar refractivity (Wildman–Crippen MR) is 90.0 cm³/mol. The molecule has 1 atom stereocenters. The summed E-state index contributed by atoms with van der Waals surface area (Å²) in [5.74, 6) is 0.833. The van der Waals surface area contributed by atoms with Gasteiger partial charge < -0.3 is 0 Å². The maximum absolute atomic E-state index is 12.6. The number of nitrogens with zero attached hydrogens (tertiary/aromatic N) is 6. The molecular weight excluding hydrogens is 328 g/mol. The summed E-state index contributed by atoms with van der Waals surface area (Å²) in [5, 5.41) is 6.59. The van der Waals surface area contributed by atoms with Crippen molar-refractivity contribution in [1.29, 1.82) is 0 Å². The van der Waals surface area contributed by atoms with Crippen LogP contribution in [0, 0.1) is 5.92 Å². The summed E-state index contributed by atoms with van der Waals surface area (Å²) in [7, 11) is 0. The van der Waals surface area contributed by atoms with Gasteiger partial charge in [0.05, 0.1) is 11.7 Å². The SMILES string of the molecule is CC1CN(C(=O)CCn2cnc3sccc3c2=O)c2ncnn2C1. The third-order valence-electron chi connectivity index (χ3n) is 4.13. The van der Waals surface area contributed by atoms with Gasteiger partial charge in [0.25, 0.3) is 5.56 Å². The number of hydrogen-bond acceptors (Lipinski definition) is 6. The average Bonchev–Trinajstić information content (AvgIpc) is 3.22. The summed E-state index contributed by atoms with van der Waals surface area (Å²) in [4.78, 5) is 35.8. The fraction of sp³-hybridized carbons (Fsp3) is 0.400. The average molecular weight is 344 g/mol. The molecule has 8 nitrogen and oxygen atoms in total. The van der Waals surface area contributed by atoms with E-state index in [1.807, 2.05) is 5.38 Å². The maximum atomic E-state index is 12.6. The van der Waals surface area contributed by atoms with E-state index in [1.54, 1.807) is 15.6 Å². The molecule has 3 aromatic rings. The summed E-state index contributed by atoms with van der Waals surface area (Å²) in [6.45, 7) is 3.75. The normalized spacial score (nSPS) is 17.2. The maximum Gasteiger partial charge on any atom is 0.262 e. The van der Waals surface area contributed by atoms with Crippen LogP contribution in [0.2, 0.25) is 0 Å². The van der Waals surface area contributed by atoms with Gasteiger partial charge in [0.15, 0.2) is 0 Å². The van der Waals surface area contributed by atoms with Gasteiger partial charge in [-0.3, -0.25) is 19.1 Å². The first-order valence-corrected chi connectivity index (χ1v) is 8.62. The summed E-state index contributed by atoms with van der Waals surface area (Å²) in [6, 6.07) is 1.77. The minimum Gasteiger partial charge on any atom is -0.298 e. The minimum atomic E-state index is -0.107. The second kappa shape index (κ2) is 5.82. The van der Waals surface area contributed by atoms with E-state index in [-0.39, 0.29) is 17.9 Å². The lowest BCUT2D eigenvalue weighted by Gasteiger charge is -2.30. The number of hydrogen-bond donors (Lipinski definition) is 0. The second-order valence-electron chi connectivity index (χ2n) is 5.98. The first-order valence-electron chi connectivity index (χ1n) is 7.74. The Morgan fingerprint density at radius 3 is 3.12 bits per heavy atom. The Hall–Kier alpha value is -2.55. The Morgan fingerprint density at radius 2 is 2.25 bits per heavy atom. The zero-order valence-electron chi connectivity index (χ0n) is 13.1. The van der Waals surface area contributed by atoms with E-state index >= 15 is 0 Å². The van der Waals surface area contributed by atoms with Gasteiger partial charge in [0.1, 0.15) is 11.2 Å². The van der Waals surface area contributed by atoms with Crippen LogP contribution in [0.25, 0.3) is 10.2 Å². The lowest BCUT2D eigenvalue weighted by Crippen LogP contribution is -2.42. The molecule has 0 N–H and O–H groups in total. The van der Waals surface area contributed by atoms with Crippen molar-refractivity contribution in [2.24, 2.45) is 5.92 Å².